The van der Waals surface area contributed by atoms with Gasteiger partial charge < -0.3 is 9.64 Å². The molecule has 1 saturated heterocycles. The first-order valence-electron chi connectivity index (χ1n) is 13.6. The summed E-state index contributed by atoms with van der Waals surface area (Å²) in [6.07, 6.45) is 14.1. The monoisotopic (exact) mass is 533 g/mol. The van der Waals surface area contributed by atoms with Gasteiger partial charge in [-0.25, -0.2) is 17.4 Å². The van der Waals surface area contributed by atoms with Crippen LogP contribution in [0, 0.1) is 0 Å². The lowest BCUT2D eigenvalue weighted by atomic mass is 9.81. The van der Waals surface area contributed by atoms with Crippen molar-refractivity contribution in [2.75, 3.05) is 26.3 Å². The lowest BCUT2D eigenvalue weighted by Crippen LogP contribution is -2.40. The number of fused-ring (bicyclic) bond motifs is 1. The Bertz CT molecular complexity index is 1500. The van der Waals surface area contributed by atoms with Crippen LogP contribution in [0.4, 0.5) is 0 Å². The molecule has 0 bridgehead atoms. The van der Waals surface area contributed by atoms with Crippen LogP contribution in [-0.4, -0.2) is 64.4 Å². The summed E-state index contributed by atoms with van der Waals surface area (Å²) in [5, 5.41) is 5.18. The summed E-state index contributed by atoms with van der Waals surface area (Å²) >= 11 is 0. The average molecular weight is 534 g/mol. The summed E-state index contributed by atoms with van der Waals surface area (Å²) < 4.78 is 35.9. The summed E-state index contributed by atoms with van der Waals surface area (Å²) in [6, 6.07) is 11.3. The van der Waals surface area contributed by atoms with E-state index in [1.54, 1.807) is 41.3 Å². The Morgan fingerprint density at radius 3 is 2.37 bits per heavy atom. The third-order valence-corrected chi connectivity index (χ3v) is 9.77. The SMILES string of the molecule is Cn1cc(-c2cn(S(=O)(=O)c3ccccc3)c3ncc([C@H]4CC[C@H](N5CCCOCCC5)CC4)cc23)cn1. The molecule has 0 spiro atoms. The summed E-state index contributed by atoms with van der Waals surface area (Å²) in [5.74, 6) is 0.428. The zero-order valence-corrected chi connectivity index (χ0v) is 22.7. The van der Waals surface area contributed by atoms with Gasteiger partial charge >= 0.3 is 0 Å². The van der Waals surface area contributed by atoms with Crippen LogP contribution in [-0.2, 0) is 21.8 Å². The highest BCUT2D eigenvalue weighted by molar-refractivity contribution is 7.90. The Balaban J connectivity index is 1.32. The molecule has 0 unspecified atom stereocenters. The van der Waals surface area contributed by atoms with Gasteiger partial charge in [-0.3, -0.25) is 4.68 Å². The zero-order chi connectivity index (χ0) is 26.1. The summed E-state index contributed by atoms with van der Waals surface area (Å²) in [4.78, 5) is 7.69. The normalized spacial score (nSPS) is 21.8. The van der Waals surface area contributed by atoms with Crippen LogP contribution in [0.5, 0.6) is 0 Å². The van der Waals surface area contributed by atoms with Crippen LogP contribution in [0.25, 0.3) is 22.2 Å². The number of nitrogens with zero attached hydrogens (tertiary/aromatic N) is 5. The molecule has 200 valence electrons. The van der Waals surface area contributed by atoms with Gasteiger partial charge in [0.25, 0.3) is 10.0 Å². The van der Waals surface area contributed by atoms with Crippen LogP contribution < -0.4 is 0 Å². The molecule has 1 aliphatic carbocycles. The van der Waals surface area contributed by atoms with E-state index < -0.39 is 10.0 Å². The van der Waals surface area contributed by atoms with Gasteiger partial charge in [-0.15, -0.1) is 0 Å². The van der Waals surface area contributed by atoms with E-state index >= 15 is 0 Å². The maximum absolute atomic E-state index is 13.6. The van der Waals surface area contributed by atoms with Gasteiger partial charge in [-0.05, 0) is 68.2 Å². The summed E-state index contributed by atoms with van der Waals surface area (Å²) in [6.45, 7) is 3.99. The fraction of sp³-hybridized carbons (Fsp3) is 0.448. The van der Waals surface area contributed by atoms with Crippen molar-refractivity contribution in [1.82, 2.24) is 23.6 Å². The minimum Gasteiger partial charge on any atom is -0.381 e. The molecule has 0 N–H and O–H groups in total. The van der Waals surface area contributed by atoms with Crippen molar-refractivity contribution in [1.29, 1.82) is 0 Å². The third-order valence-electron chi connectivity index (χ3n) is 8.10. The molecule has 0 radical (unpaired) electrons. The fourth-order valence-electron chi connectivity index (χ4n) is 6.09. The van der Waals surface area contributed by atoms with Gasteiger partial charge in [0, 0.05) is 74.5 Å². The second kappa shape index (κ2) is 10.6. The van der Waals surface area contributed by atoms with Gasteiger partial charge in [-0.1, -0.05) is 18.2 Å². The Morgan fingerprint density at radius 1 is 0.947 bits per heavy atom. The molecule has 6 rings (SSSR count). The zero-order valence-electron chi connectivity index (χ0n) is 21.9. The number of pyridine rings is 1. The summed E-state index contributed by atoms with van der Waals surface area (Å²) in [5.41, 5.74) is 3.35. The van der Waals surface area contributed by atoms with Gasteiger partial charge in [0.1, 0.15) is 0 Å². The smallest absolute Gasteiger partial charge is 0.269 e. The van der Waals surface area contributed by atoms with Crippen LogP contribution in [0.1, 0.15) is 50.0 Å². The third kappa shape index (κ3) is 4.90. The second-order valence-electron chi connectivity index (χ2n) is 10.6. The second-order valence-corrected chi connectivity index (χ2v) is 12.4. The van der Waals surface area contributed by atoms with E-state index in [-0.39, 0.29) is 4.90 Å². The number of hydrogen-bond acceptors (Lipinski definition) is 6. The van der Waals surface area contributed by atoms with Crippen LogP contribution >= 0.6 is 0 Å². The van der Waals surface area contributed by atoms with E-state index in [9.17, 15) is 8.42 Å². The Labute approximate surface area is 224 Å². The van der Waals surface area contributed by atoms with E-state index in [0.29, 0.717) is 17.6 Å². The molecular weight excluding hydrogens is 498 g/mol. The van der Waals surface area contributed by atoms with Crippen LogP contribution in [0.2, 0.25) is 0 Å². The highest BCUT2D eigenvalue weighted by Gasteiger charge is 2.29. The van der Waals surface area contributed by atoms with E-state index in [0.717, 1.165) is 68.5 Å². The Kier molecular flexibility index (Phi) is 7.07. The van der Waals surface area contributed by atoms with Crippen LogP contribution in [0.3, 0.4) is 0 Å². The molecule has 1 aromatic carbocycles. The first kappa shape index (κ1) is 25.3. The first-order chi connectivity index (χ1) is 18.5. The molecule has 3 aromatic heterocycles. The quantitative estimate of drug-likeness (QED) is 0.366. The number of rotatable bonds is 5. The molecule has 4 heterocycles. The molecule has 9 heteroatoms. The predicted octanol–water partition coefficient (Wildman–Crippen LogP) is 4.81. The highest BCUT2D eigenvalue weighted by Crippen LogP contribution is 2.38. The first-order valence-corrected chi connectivity index (χ1v) is 15.1. The predicted molar refractivity (Wildman–Crippen MR) is 148 cm³/mol. The standard InChI is InChI=1S/C29H35N5O3S/c1-32-20-24(19-31-32)28-21-34(38(35,36)26-7-3-2-4-8-26)29-27(28)17-23(18-30-29)22-9-11-25(12-10-22)33-13-5-15-37-16-6-14-33/h2-4,7-8,17-22,25H,5-6,9-16H2,1H3/t22-,25-. The molecule has 0 atom stereocenters. The molecule has 0 amide bonds. The molecule has 1 saturated carbocycles. The lowest BCUT2D eigenvalue weighted by molar-refractivity contribution is 0.0630. The average Bonchev–Trinajstić information content (AvgIpc) is 3.53. The van der Waals surface area contributed by atoms with Gasteiger partial charge in [0.15, 0.2) is 5.65 Å². The fourth-order valence-corrected chi connectivity index (χ4v) is 7.44. The number of benzene rings is 1. The van der Waals surface area contributed by atoms with E-state index in [2.05, 4.69) is 16.1 Å². The van der Waals surface area contributed by atoms with Crippen molar-refractivity contribution in [2.45, 2.75) is 55.4 Å². The summed E-state index contributed by atoms with van der Waals surface area (Å²) in [7, 11) is -1.93. The molecule has 2 aliphatic rings. The van der Waals surface area contributed by atoms with Crippen molar-refractivity contribution < 1.29 is 13.2 Å². The Morgan fingerprint density at radius 2 is 1.68 bits per heavy atom. The number of hydrogen-bond donors (Lipinski definition) is 0. The lowest BCUT2D eigenvalue weighted by Gasteiger charge is -2.38. The van der Waals surface area contributed by atoms with Crippen molar-refractivity contribution in [3.63, 3.8) is 0 Å². The number of aromatic nitrogens is 4. The highest BCUT2D eigenvalue weighted by atomic mass is 32.2. The molecular formula is C29H35N5O3S. The van der Waals surface area contributed by atoms with Gasteiger partial charge in [0.05, 0.1) is 11.1 Å². The molecule has 8 nitrogen and oxygen atoms in total. The van der Waals surface area contributed by atoms with Crippen molar-refractivity contribution in [2.24, 2.45) is 7.05 Å². The number of aryl methyl sites for hydroxylation is 1. The largest absolute Gasteiger partial charge is 0.381 e. The maximum Gasteiger partial charge on any atom is 0.269 e. The topological polar surface area (TPSA) is 82.2 Å². The van der Waals surface area contributed by atoms with Gasteiger partial charge in [0.2, 0.25) is 0 Å². The molecule has 2 fully saturated rings. The van der Waals surface area contributed by atoms with Gasteiger partial charge in [-0.2, -0.15) is 5.10 Å². The molecule has 4 aromatic rings. The molecule has 38 heavy (non-hydrogen) atoms. The maximum atomic E-state index is 13.6. The van der Waals surface area contributed by atoms with Crippen molar-refractivity contribution in [3.8, 4) is 11.1 Å². The molecule has 1 aliphatic heterocycles. The Hall–Kier alpha value is -3.01. The van der Waals surface area contributed by atoms with E-state index in [1.165, 1.54) is 22.4 Å². The van der Waals surface area contributed by atoms with Crippen molar-refractivity contribution >= 4 is 21.1 Å². The van der Waals surface area contributed by atoms with E-state index in [1.807, 2.05) is 25.5 Å². The minimum absolute atomic E-state index is 0.245. The van der Waals surface area contributed by atoms with Crippen molar-refractivity contribution in [3.05, 3.63) is 66.7 Å². The minimum atomic E-state index is -3.80. The van der Waals surface area contributed by atoms with Crippen LogP contribution in [0.15, 0.2) is 66.1 Å². The van der Waals surface area contributed by atoms with E-state index in [4.69, 9.17) is 9.72 Å². The number of ether oxygens (including phenoxy) is 1.